The van der Waals surface area contributed by atoms with Crippen molar-refractivity contribution in [3.8, 4) is 0 Å². The summed E-state index contributed by atoms with van der Waals surface area (Å²) >= 11 is 0. The SMILES string of the molecule is O=C(Cc1cccc2ccccc12)NCC(=O)N1CCC(O)(C(=O)O)CC1. The highest BCUT2D eigenvalue weighted by molar-refractivity contribution is 5.91. The van der Waals surface area contributed by atoms with Crippen LogP contribution in [-0.4, -0.2) is 58.1 Å². The molecule has 2 aromatic rings. The van der Waals surface area contributed by atoms with Gasteiger partial charge in [-0.2, -0.15) is 0 Å². The lowest BCUT2D eigenvalue weighted by Gasteiger charge is -2.35. The summed E-state index contributed by atoms with van der Waals surface area (Å²) in [6.07, 6.45) is 0.142. The molecule has 142 valence electrons. The van der Waals surface area contributed by atoms with Gasteiger partial charge in [0.25, 0.3) is 0 Å². The number of amides is 2. The Kier molecular flexibility index (Phi) is 5.41. The molecule has 7 heteroatoms. The maximum absolute atomic E-state index is 12.2. The van der Waals surface area contributed by atoms with Crippen LogP contribution in [0.25, 0.3) is 10.8 Å². The molecular weight excluding hydrogens is 348 g/mol. The number of carbonyl (C=O) groups is 3. The summed E-state index contributed by atoms with van der Waals surface area (Å²) in [6, 6.07) is 13.6. The van der Waals surface area contributed by atoms with E-state index in [1.54, 1.807) is 0 Å². The Balaban J connectivity index is 1.52. The van der Waals surface area contributed by atoms with E-state index in [4.69, 9.17) is 5.11 Å². The van der Waals surface area contributed by atoms with Crippen molar-refractivity contribution in [3.63, 3.8) is 0 Å². The van der Waals surface area contributed by atoms with E-state index in [0.717, 1.165) is 16.3 Å². The van der Waals surface area contributed by atoms with Gasteiger partial charge in [0.05, 0.1) is 13.0 Å². The van der Waals surface area contributed by atoms with Crippen LogP contribution in [0, 0.1) is 0 Å². The smallest absolute Gasteiger partial charge is 0.335 e. The van der Waals surface area contributed by atoms with Crippen molar-refractivity contribution >= 4 is 28.6 Å². The number of piperidine rings is 1. The van der Waals surface area contributed by atoms with Crippen LogP contribution in [0.3, 0.4) is 0 Å². The average molecular weight is 370 g/mol. The number of likely N-dealkylation sites (tertiary alicyclic amines) is 1. The molecule has 0 aliphatic carbocycles. The maximum atomic E-state index is 12.2. The summed E-state index contributed by atoms with van der Waals surface area (Å²) in [6.45, 7) is 0.163. The molecule has 27 heavy (non-hydrogen) atoms. The number of nitrogens with one attached hydrogen (secondary N) is 1. The van der Waals surface area contributed by atoms with Gasteiger partial charge in [0.1, 0.15) is 0 Å². The van der Waals surface area contributed by atoms with Gasteiger partial charge >= 0.3 is 5.97 Å². The Hall–Kier alpha value is -2.93. The molecule has 1 aliphatic heterocycles. The normalized spacial score (nSPS) is 16.1. The van der Waals surface area contributed by atoms with Crippen LogP contribution >= 0.6 is 0 Å². The van der Waals surface area contributed by atoms with Crippen molar-refractivity contribution in [2.45, 2.75) is 24.9 Å². The quantitative estimate of drug-likeness (QED) is 0.726. The first kappa shape index (κ1) is 18.8. The number of carboxylic acids is 1. The van der Waals surface area contributed by atoms with E-state index in [-0.39, 0.29) is 50.7 Å². The summed E-state index contributed by atoms with van der Waals surface area (Å²) in [5.74, 6) is -1.80. The average Bonchev–Trinajstić information content (AvgIpc) is 2.67. The summed E-state index contributed by atoms with van der Waals surface area (Å²) in [5, 5.41) is 23.6. The third-order valence-corrected chi connectivity index (χ3v) is 5.01. The number of nitrogens with zero attached hydrogens (tertiary/aromatic N) is 1. The van der Waals surface area contributed by atoms with Crippen LogP contribution < -0.4 is 5.32 Å². The van der Waals surface area contributed by atoms with Gasteiger partial charge in [0.15, 0.2) is 5.60 Å². The summed E-state index contributed by atoms with van der Waals surface area (Å²) in [5.41, 5.74) is -0.878. The first-order valence-corrected chi connectivity index (χ1v) is 8.86. The Labute approximate surface area is 156 Å². The maximum Gasteiger partial charge on any atom is 0.335 e. The second-order valence-electron chi connectivity index (χ2n) is 6.81. The largest absolute Gasteiger partial charge is 0.479 e. The second kappa shape index (κ2) is 7.75. The van der Waals surface area contributed by atoms with Gasteiger partial charge in [-0.25, -0.2) is 4.79 Å². The fourth-order valence-corrected chi connectivity index (χ4v) is 3.31. The summed E-state index contributed by atoms with van der Waals surface area (Å²) in [4.78, 5) is 37.0. The predicted octanol–water partition coefficient (Wildman–Crippen LogP) is 0.937. The van der Waals surface area contributed by atoms with Gasteiger partial charge in [0.2, 0.25) is 11.8 Å². The molecule has 0 unspecified atom stereocenters. The molecule has 7 nitrogen and oxygen atoms in total. The minimum absolute atomic E-state index is 0.0158. The molecule has 3 N–H and O–H groups in total. The summed E-state index contributed by atoms with van der Waals surface area (Å²) in [7, 11) is 0. The molecule has 0 radical (unpaired) electrons. The molecule has 1 aliphatic rings. The van der Waals surface area contributed by atoms with Crippen LogP contribution in [0.4, 0.5) is 0 Å². The zero-order valence-corrected chi connectivity index (χ0v) is 14.9. The number of aliphatic hydroxyl groups is 1. The van der Waals surface area contributed by atoms with E-state index in [2.05, 4.69) is 5.32 Å². The van der Waals surface area contributed by atoms with Crippen LogP contribution in [-0.2, 0) is 20.8 Å². The molecule has 0 aromatic heterocycles. The number of hydrogen-bond acceptors (Lipinski definition) is 4. The standard InChI is InChI=1S/C20H22N2O5/c23-17(12-15-6-3-5-14-4-1-2-7-16(14)15)21-13-18(24)22-10-8-20(27,9-11-22)19(25)26/h1-7,27H,8-13H2,(H,21,23)(H,25,26). The van der Waals surface area contributed by atoms with E-state index >= 15 is 0 Å². The molecule has 0 spiro atoms. The van der Waals surface area contributed by atoms with Crippen molar-refractivity contribution in [1.29, 1.82) is 0 Å². The molecule has 2 amide bonds. The van der Waals surface area contributed by atoms with Crippen molar-refractivity contribution in [3.05, 3.63) is 48.0 Å². The molecule has 2 aromatic carbocycles. The highest BCUT2D eigenvalue weighted by Crippen LogP contribution is 2.22. The fourth-order valence-electron chi connectivity index (χ4n) is 3.31. The third-order valence-electron chi connectivity index (χ3n) is 5.01. The fraction of sp³-hybridized carbons (Fsp3) is 0.350. The number of aliphatic carboxylic acids is 1. The van der Waals surface area contributed by atoms with Crippen molar-refractivity contribution < 1.29 is 24.6 Å². The monoisotopic (exact) mass is 370 g/mol. The lowest BCUT2D eigenvalue weighted by molar-refractivity contribution is -0.165. The number of hydrogen-bond donors (Lipinski definition) is 3. The second-order valence-corrected chi connectivity index (χ2v) is 6.81. The number of fused-ring (bicyclic) bond motifs is 1. The van der Waals surface area contributed by atoms with Crippen LogP contribution in [0.1, 0.15) is 18.4 Å². The predicted molar refractivity (Wildman–Crippen MR) is 99.1 cm³/mol. The molecule has 0 bridgehead atoms. The van der Waals surface area contributed by atoms with Crippen molar-refractivity contribution in [1.82, 2.24) is 10.2 Å². The molecule has 0 atom stereocenters. The van der Waals surface area contributed by atoms with Gasteiger partial charge in [-0.1, -0.05) is 42.5 Å². The van der Waals surface area contributed by atoms with E-state index < -0.39 is 11.6 Å². The van der Waals surface area contributed by atoms with E-state index in [1.165, 1.54) is 4.90 Å². The van der Waals surface area contributed by atoms with Gasteiger partial charge < -0.3 is 20.4 Å². The summed E-state index contributed by atoms with van der Waals surface area (Å²) < 4.78 is 0. The molecular formula is C20H22N2O5. The van der Waals surface area contributed by atoms with Crippen LogP contribution in [0.5, 0.6) is 0 Å². The molecule has 1 heterocycles. The molecule has 1 saturated heterocycles. The highest BCUT2D eigenvalue weighted by Gasteiger charge is 2.40. The van der Waals surface area contributed by atoms with Gasteiger partial charge in [-0.15, -0.1) is 0 Å². The zero-order valence-electron chi connectivity index (χ0n) is 14.9. The Morgan fingerprint density at radius 3 is 2.41 bits per heavy atom. The third kappa shape index (κ3) is 4.25. The van der Waals surface area contributed by atoms with Crippen LogP contribution in [0.15, 0.2) is 42.5 Å². The first-order chi connectivity index (χ1) is 12.9. The highest BCUT2D eigenvalue weighted by atomic mass is 16.4. The first-order valence-electron chi connectivity index (χ1n) is 8.86. The Morgan fingerprint density at radius 1 is 1.04 bits per heavy atom. The van der Waals surface area contributed by atoms with E-state index in [0.29, 0.717) is 0 Å². The zero-order chi connectivity index (χ0) is 19.4. The molecule has 1 fully saturated rings. The van der Waals surface area contributed by atoms with E-state index in [9.17, 15) is 19.5 Å². The minimum Gasteiger partial charge on any atom is -0.479 e. The lowest BCUT2D eigenvalue weighted by atomic mass is 9.91. The minimum atomic E-state index is -1.77. The van der Waals surface area contributed by atoms with Gasteiger partial charge in [-0.05, 0) is 16.3 Å². The number of carboxylic acid groups (broad SMARTS) is 1. The molecule has 0 saturated carbocycles. The van der Waals surface area contributed by atoms with Gasteiger partial charge in [0, 0.05) is 25.9 Å². The topological polar surface area (TPSA) is 107 Å². The number of carbonyl (C=O) groups excluding carboxylic acids is 2. The van der Waals surface area contributed by atoms with E-state index in [1.807, 2.05) is 42.5 Å². The van der Waals surface area contributed by atoms with Crippen molar-refractivity contribution in [2.24, 2.45) is 0 Å². The van der Waals surface area contributed by atoms with Crippen LogP contribution in [0.2, 0.25) is 0 Å². The molecule has 3 rings (SSSR count). The number of benzene rings is 2. The lowest BCUT2D eigenvalue weighted by Crippen LogP contribution is -2.52. The van der Waals surface area contributed by atoms with Gasteiger partial charge in [-0.3, -0.25) is 9.59 Å². The van der Waals surface area contributed by atoms with Crippen molar-refractivity contribution in [2.75, 3.05) is 19.6 Å². The Morgan fingerprint density at radius 2 is 1.70 bits per heavy atom. The Bertz CT molecular complexity index is 866. The number of rotatable bonds is 5.